The molecule has 0 heterocycles. The van der Waals surface area contributed by atoms with Crippen molar-refractivity contribution in [2.45, 2.75) is 19.0 Å². The van der Waals surface area contributed by atoms with Crippen LogP contribution in [-0.4, -0.2) is 23.8 Å². The van der Waals surface area contributed by atoms with E-state index >= 15 is 0 Å². The SMILES string of the molecule is Cc1c(C(F)(F)F)ccc(C(=O)O)c1NC(=O)OCC1c2ccccc2-c2ccccc21. The Labute approximate surface area is 181 Å². The first-order valence-corrected chi connectivity index (χ1v) is 9.74. The molecule has 1 aliphatic carbocycles. The van der Waals surface area contributed by atoms with E-state index in [1.54, 1.807) is 0 Å². The maximum atomic E-state index is 13.2. The number of halogens is 3. The minimum absolute atomic E-state index is 0.0553. The van der Waals surface area contributed by atoms with E-state index in [1.165, 1.54) is 0 Å². The molecular weight excluding hydrogens is 423 g/mol. The lowest BCUT2D eigenvalue weighted by Gasteiger charge is -2.18. The van der Waals surface area contributed by atoms with Gasteiger partial charge in [0.1, 0.15) is 6.61 Å². The quantitative estimate of drug-likeness (QED) is 0.515. The molecule has 0 saturated carbocycles. The van der Waals surface area contributed by atoms with E-state index < -0.39 is 40.6 Å². The van der Waals surface area contributed by atoms with Crippen LogP contribution in [0.1, 0.15) is 38.5 Å². The van der Waals surface area contributed by atoms with E-state index in [1.807, 2.05) is 48.5 Å². The molecule has 3 aromatic rings. The highest BCUT2D eigenvalue weighted by Crippen LogP contribution is 2.44. The van der Waals surface area contributed by atoms with Gasteiger partial charge in [0.05, 0.1) is 16.8 Å². The van der Waals surface area contributed by atoms with Crippen LogP contribution in [0.4, 0.5) is 23.7 Å². The Hall–Kier alpha value is -3.81. The number of hydrogen-bond donors (Lipinski definition) is 2. The number of rotatable bonds is 4. The second kappa shape index (κ2) is 8.03. The highest BCUT2D eigenvalue weighted by Gasteiger charge is 2.35. The number of alkyl halides is 3. The number of anilines is 1. The van der Waals surface area contributed by atoms with Crippen LogP contribution in [0.15, 0.2) is 60.7 Å². The van der Waals surface area contributed by atoms with Crippen molar-refractivity contribution in [3.8, 4) is 11.1 Å². The normalized spacial score (nSPS) is 12.8. The monoisotopic (exact) mass is 441 g/mol. The molecule has 0 radical (unpaired) electrons. The number of fused-ring (bicyclic) bond motifs is 3. The van der Waals surface area contributed by atoms with Gasteiger partial charge in [0.15, 0.2) is 0 Å². The van der Waals surface area contributed by atoms with Crippen LogP contribution in [0.3, 0.4) is 0 Å². The zero-order valence-corrected chi connectivity index (χ0v) is 16.9. The van der Waals surface area contributed by atoms with E-state index in [0.29, 0.717) is 6.07 Å². The number of benzene rings is 3. The van der Waals surface area contributed by atoms with Gasteiger partial charge in [-0.1, -0.05) is 48.5 Å². The molecule has 5 nitrogen and oxygen atoms in total. The molecule has 2 N–H and O–H groups in total. The third-order valence-corrected chi connectivity index (χ3v) is 5.57. The van der Waals surface area contributed by atoms with Gasteiger partial charge in [-0.15, -0.1) is 0 Å². The third kappa shape index (κ3) is 3.79. The van der Waals surface area contributed by atoms with Crippen LogP contribution < -0.4 is 5.32 Å². The summed E-state index contributed by atoms with van der Waals surface area (Å²) in [6.07, 6.45) is -5.73. The molecule has 32 heavy (non-hydrogen) atoms. The zero-order chi connectivity index (χ0) is 23.0. The number of ether oxygens (including phenoxy) is 1. The van der Waals surface area contributed by atoms with Gasteiger partial charge in [-0.05, 0) is 46.9 Å². The van der Waals surface area contributed by atoms with E-state index in [9.17, 15) is 27.9 Å². The van der Waals surface area contributed by atoms with Gasteiger partial charge in [0, 0.05) is 5.92 Å². The predicted molar refractivity (Wildman–Crippen MR) is 112 cm³/mol. The summed E-state index contributed by atoms with van der Waals surface area (Å²) in [6, 6.07) is 16.9. The molecular formula is C24H18F3NO4. The number of carbonyl (C=O) groups excluding carboxylic acids is 1. The third-order valence-electron chi connectivity index (χ3n) is 5.57. The zero-order valence-electron chi connectivity index (χ0n) is 16.9. The smallest absolute Gasteiger partial charge is 0.416 e. The molecule has 164 valence electrons. The molecule has 0 unspecified atom stereocenters. The summed E-state index contributed by atoms with van der Waals surface area (Å²) in [5.74, 6) is -1.70. The van der Waals surface area contributed by atoms with Gasteiger partial charge in [-0.3, -0.25) is 5.32 Å². The van der Waals surface area contributed by atoms with Gasteiger partial charge < -0.3 is 9.84 Å². The molecule has 0 aromatic heterocycles. The lowest BCUT2D eigenvalue weighted by atomic mass is 9.98. The number of carbonyl (C=O) groups is 2. The molecule has 0 spiro atoms. The van der Waals surface area contributed by atoms with Crippen molar-refractivity contribution in [2.24, 2.45) is 0 Å². The van der Waals surface area contributed by atoms with Gasteiger partial charge >= 0.3 is 18.2 Å². The van der Waals surface area contributed by atoms with Crippen molar-refractivity contribution >= 4 is 17.7 Å². The summed E-state index contributed by atoms with van der Waals surface area (Å²) in [4.78, 5) is 24.0. The van der Waals surface area contributed by atoms with Crippen molar-refractivity contribution in [2.75, 3.05) is 11.9 Å². The Morgan fingerprint density at radius 1 is 0.969 bits per heavy atom. The summed E-state index contributed by atoms with van der Waals surface area (Å²) in [7, 11) is 0. The van der Waals surface area contributed by atoms with Crippen LogP contribution in [-0.2, 0) is 10.9 Å². The van der Waals surface area contributed by atoms with Crippen LogP contribution in [0.5, 0.6) is 0 Å². The molecule has 0 bridgehead atoms. The largest absolute Gasteiger partial charge is 0.478 e. The standard InChI is InChI=1S/C24H18F3NO4/c1-13-20(24(25,26)27)11-10-18(22(29)30)21(13)28-23(31)32-12-19-16-8-4-2-6-14(16)15-7-3-5-9-17(15)19/h2-11,19H,12H2,1H3,(H,28,31)(H,29,30). The minimum atomic E-state index is -4.70. The Morgan fingerprint density at radius 3 is 2.06 bits per heavy atom. The number of hydrogen-bond acceptors (Lipinski definition) is 3. The lowest BCUT2D eigenvalue weighted by molar-refractivity contribution is -0.138. The lowest BCUT2D eigenvalue weighted by Crippen LogP contribution is -2.21. The van der Waals surface area contributed by atoms with E-state index in [-0.39, 0.29) is 12.5 Å². The van der Waals surface area contributed by atoms with Crippen molar-refractivity contribution in [1.82, 2.24) is 0 Å². The highest BCUT2D eigenvalue weighted by atomic mass is 19.4. The second-order valence-electron chi connectivity index (χ2n) is 7.41. The first kappa shape index (κ1) is 21.4. The van der Waals surface area contributed by atoms with Gasteiger partial charge in [0.25, 0.3) is 0 Å². The molecule has 0 saturated heterocycles. The van der Waals surface area contributed by atoms with Crippen molar-refractivity contribution in [1.29, 1.82) is 0 Å². The molecule has 1 amide bonds. The Bertz CT molecular complexity index is 1170. The molecule has 0 atom stereocenters. The molecule has 4 rings (SSSR count). The maximum absolute atomic E-state index is 13.2. The number of nitrogens with one attached hydrogen (secondary N) is 1. The number of aromatic carboxylic acids is 1. The number of amides is 1. The highest BCUT2D eigenvalue weighted by molar-refractivity contribution is 6.00. The molecule has 8 heteroatoms. The van der Waals surface area contributed by atoms with Crippen LogP contribution in [0.25, 0.3) is 11.1 Å². The first-order valence-electron chi connectivity index (χ1n) is 9.74. The van der Waals surface area contributed by atoms with Crippen LogP contribution >= 0.6 is 0 Å². The van der Waals surface area contributed by atoms with Crippen molar-refractivity contribution in [3.63, 3.8) is 0 Å². The summed E-state index contributed by atoms with van der Waals surface area (Å²) in [5.41, 5.74) is 1.68. The average molecular weight is 441 g/mol. The predicted octanol–water partition coefficient (Wildman–Crippen LogP) is 6.07. The fourth-order valence-electron chi connectivity index (χ4n) is 4.09. The first-order chi connectivity index (χ1) is 15.2. The van der Waals surface area contributed by atoms with E-state index in [0.717, 1.165) is 35.2 Å². The van der Waals surface area contributed by atoms with E-state index in [2.05, 4.69) is 5.32 Å². The average Bonchev–Trinajstić information content (AvgIpc) is 3.06. The fourth-order valence-corrected chi connectivity index (χ4v) is 4.09. The van der Waals surface area contributed by atoms with Gasteiger partial charge in [-0.2, -0.15) is 13.2 Å². The molecule has 3 aromatic carbocycles. The molecule has 0 fully saturated rings. The topological polar surface area (TPSA) is 75.6 Å². The summed E-state index contributed by atoms with van der Waals surface area (Å²) < 4.78 is 45.1. The Kier molecular flexibility index (Phi) is 5.38. The van der Waals surface area contributed by atoms with Crippen molar-refractivity contribution in [3.05, 3.63) is 88.5 Å². The molecule has 1 aliphatic rings. The maximum Gasteiger partial charge on any atom is 0.416 e. The number of carboxylic acid groups (broad SMARTS) is 1. The number of carboxylic acids is 1. The Morgan fingerprint density at radius 2 is 1.53 bits per heavy atom. The van der Waals surface area contributed by atoms with Gasteiger partial charge in [0.2, 0.25) is 0 Å². The van der Waals surface area contributed by atoms with Crippen LogP contribution in [0, 0.1) is 6.92 Å². The van der Waals surface area contributed by atoms with Gasteiger partial charge in [-0.25, -0.2) is 9.59 Å². The van der Waals surface area contributed by atoms with E-state index in [4.69, 9.17) is 4.74 Å². The molecule has 0 aliphatic heterocycles. The fraction of sp³-hybridized carbons (Fsp3) is 0.167. The second-order valence-corrected chi connectivity index (χ2v) is 7.41. The van der Waals surface area contributed by atoms with Crippen LogP contribution in [0.2, 0.25) is 0 Å². The van der Waals surface area contributed by atoms with Crippen molar-refractivity contribution < 1.29 is 32.6 Å². The summed E-state index contributed by atoms with van der Waals surface area (Å²) >= 11 is 0. The summed E-state index contributed by atoms with van der Waals surface area (Å²) in [5, 5.41) is 11.5. The minimum Gasteiger partial charge on any atom is -0.478 e. The Balaban J connectivity index is 1.58. The summed E-state index contributed by atoms with van der Waals surface area (Å²) in [6.45, 7) is 1.05.